The van der Waals surface area contributed by atoms with Gasteiger partial charge in [0.1, 0.15) is 5.75 Å². The van der Waals surface area contributed by atoms with Crippen molar-refractivity contribution >= 4 is 12.2 Å². The Morgan fingerprint density at radius 2 is 1.95 bits per heavy atom. The fourth-order valence-electron chi connectivity index (χ4n) is 2.03. The Kier molecular flexibility index (Phi) is 4.05. The molecule has 1 aromatic carbocycles. The highest BCUT2D eigenvalue weighted by Crippen LogP contribution is 2.27. The van der Waals surface area contributed by atoms with Crippen LogP contribution in [0.4, 0.5) is 0 Å². The van der Waals surface area contributed by atoms with Gasteiger partial charge in [0, 0.05) is 18.8 Å². The van der Waals surface area contributed by atoms with Gasteiger partial charge < -0.3 is 4.74 Å². The topological polar surface area (TPSA) is 27.1 Å². The molecule has 0 radical (unpaired) electrons. The Morgan fingerprint density at radius 3 is 2.53 bits per heavy atom. The first-order chi connectivity index (χ1) is 9.10. The molecule has 2 rings (SSSR count). The molecule has 3 nitrogen and oxygen atoms in total. The number of hydrogen-bond donors (Lipinski definition) is 0. The van der Waals surface area contributed by atoms with E-state index in [1.54, 1.807) is 11.8 Å². The smallest absolute Gasteiger partial charge is 0.122 e. The molecule has 0 N–H and O–H groups in total. The Labute approximate surface area is 114 Å². The zero-order valence-corrected chi connectivity index (χ0v) is 11.9. The normalized spacial score (nSPS) is 11.4. The van der Waals surface area contributed by atoms with Gasteiger partial charge in [0.15, 0.2) is 0 Å². The van der Waals surface area contributed by atoms with Crippen molar-refractivity contribution in [2.75, 3.05) is 7.11 Å². The Bertz CT molecular complexity index is 582. The van der Waals surface area contributed by atoms with Crippen LogP contribution in [-0.2, 0) is 7.05 Å². The second kappa shape index (κ2) is 5.74. The maximum Gasteiger partial charge on any atom is 0.122 e. The highest BCUT2D eigenvalue weighted by molar-refractivity contribution is 5.70. The molecular weight excluding hydrogens is 236 g/mol. The van der Waals surface area contributed by atoms with E-state index < -0.39 is 0 Å². The summed E-state index contributed by atoms with van der Waals surface area (Å²) in [6.07, 6.45) is 7.95. The van der Waals surface area contributed by atoms with Gasteiger partial charge in [-0.25, -0.2) is 0 Å². The van der Waals surface area contributed by atoms with Crippen LogP contribution in [0.1, 0.15) is 36.5 Å². The van der Waals surface area contributed by atoms with Gasteiger partial charge in [-0.3, -0.25) is 4.68 Å². The van der Waals surface area contributed by atoms with E-state index >= 15 is 0 Å². The monoisotopic (exact) mass is 256 g/mol. The summed E-state index contributed by atoms with van der Waals surface area (Å²) in [5, 5.41) is 4.14. The molecule has 19 heavy (non-hydrogen) atoms. The lowest BCUT2D eigenvalue weighted by atomic mass is 10.00. The number of hydrogen-bond acceptors (Lipinski definition) is 2. The van der Waals surface area contributed by atoms with Crippen molar-refractivity contribution in [3.63, 3.8) is 0 Å². The van der Waals surface area contributed by atoms with Crippen LogP contribution < -0.4 is 4.74 Å². The SMILES string of the molecule is COc1cc(/C=C/c2cnn(C)c2)ccc1C(C)C. The Morgan fingerprint density at radius 1 is 1.21 bits per heavy atom. The van der Waals surface area contributed by atoms with Crippen LogP contribution >= 0.6 is 0 Å². The fraction of sp³-hybridized carbons (Fsp3) is 0.312. The largest absolute Gasteiger partial charge is 0.496 e. The maximum atomic E-state index is 5.45. The van der Waals surface area contributed by atoms with Crippen LogP contribution in [-0.4, -0.2) is 16.9 Å². The van der Waals surface area contributed by atoms with Gasteiger partial charge in [-0.2, -0.15) is 5.10 Å². The molecule has 1 aromatic heterocycles. The predicted molar refractivity (Wildman–Crippen MR) is 79.2 cm³/mol. The molecule has 3 heteroatoms. The summed E-state index contributed by atoms with van der Waals surface area (Å²) in [7, 11) is 3.63. The predicted octanol–water partition coefficient (Wildman–Crippen LogP) is 3.72. The molecule has 0 bridgehead atoms. The maximum absolute atomic E-state index is 5.45. The van der Waals surface area contributed by atoms with E-state index in [2.05, 4.69) is 49.3 Å². The molecule has 2 aromatic rings. The van der Waals surface area contributed by atoms with E-state index in [1.165, 1.54) is 5.56 Å². The lowest BCUT2D eigenvalue weighted by molar-refractivity contribution is 0.407. The molecule has 0 saturated heterocycles. The third-order valence-electron chi connectivity index (χ3n) is 3.07. The highest BCUT2D eigenvalue weighted by atomic mass is 16.5. The van der Waals surface area contributed by atoms with Crippen LogP contribution in [0, 0.1) is 0 Å². The number of methoxy groups -OCH3 is 1. The molecule has 0 unspecified atom stereocenters. The van der Waals surface area contributed by atoms with E-state index in [9.17, 15) is 0 Å². The number of rotatable bonds is 4. The van der Waals surface area contributed by atoms with Crippen molar-refractivity contribution in [1.82, 2.24) is 9.78 Å². The first-order valence-electron chi connectivity index (χ1n) is 6.45. The molecule has 1 heterocycles. The average Bonchev–Trinajstić information content (AvgIpc) is 2.81. The van der Waals surface area contributed by atoms with Crippen molar-refractivity contribution in [2.24, 2.45) is 7.05 Å². The van der Waals surface area contributed by atoms with E-state index in [1.807, 2.05) is 19.4 Å². The lowest BCUT2D eigenvalue weighted by Gasteiger charge is -2.12. The molecule has 0 fully saturated rings. The van der Waals surface area contributed by atoms with Gasteiger partial charge >= 0.3 is 0 Å². The quantitative estimate of drug-likeness (QED) is 0.833. The average molecular weight is 256 g/mol. The molecular formula is C16H20N2O. The molecule has 0 aliphatic carbocycles. The molecule has 0 atom stereocenters. The van der Waals surface area contributed by atoms with Gasteiger partial charge in [0.05, 0.1) is 13.3 Å². The molecule has 0 aliphatic heterocycles. The Balaban J connectivity index is 2.24. The standard InChI is InChI=1S/C16H20N2O/c1-12(2)15-8-7-13(9-16(15)19-4)5-6-14-10-17-18(3)11-14/h5-12H,1-4H3/b6-5+. The van der Waals surface area contributed by atoms with Crippen LogP contribution in [0.2, 0.25) is 0 Å². The molecule has 100 valence electrons. The zero-order chi connectivity index (χ0) is 13.8. The molecule has 0 amide bonds. The summed E-state index contributed by atoms with van der Waals surface area (Å²) in [4.78, 5) is 0. The summed E-state index contributed by atoms with van der Waals surface area (Å²) in [5.74, 6) is 1.41. The van der Waals surface area contributed by atoms with Crippen molar-refractivity contribution in [1.29, 1.82) is 0 Å². The van der Waals surface area contributed by atoms with Crippen molar-refractivity contribution in [3.05, 3.63) is 47.3 Å². The highest BCUT2D eigenvalue weighted by Gasteiger charge is 2.06. The lowest BCUT2D eigenvalue weighted by Crippen LogP contribution is -1.94. The summed E-state index contributed by atoms with van der Waals surface area (Å²) in [6, 6.07) is 6.32. The number of benzene rings is 1. The van der Waals surface area contributed by atoms with Gasteiger partial charge in [-0.1, -0.05) is 38.1 Å². The summed E-state index contributed by atoms with van der Waals surface area (Å²) >= 11 is 0. The minimum atomic E-state index is 0.464. The Hall–Kier alpha value is -2.03. The van der Waals surface area contributed by atoms with Crippen molar-refractivity contribution in [2.45, 2.75) is 19.8 Å². The third kappa shape index (κ3) is 3.25. The number of aryl methyl sites for hydroxylation is 1. The fourth-order valence-corrected chi connectivity index (χ4v) is 2.03. The van der Waals surface area contributed by atoms with Gasteiger partial charge in [-0.15, -0.1) is 0 Å². The molecule has 0 spiro atoms. The van der Waals surface area contributed by atoms with Crippen LogP contribution in [0.15, 0.2) is 30.6 Å². The van der Waals surface area contributed by atoms with Crippen LogP contribution in [0.5, 0.6) is 5.75 Å². The summed E-state index contributed by atoms with van der Waals surface area (Å²) < 4.78 is 7.25. The van der Waals surface area contributed by atoms with Gasteiger partial charge in [0.2, 0.25) is 0 Å². The number of ether oxygens (including phenoxy) is 1. The zero-order valence-electron chi connectivity index (χ0n) is 11.9. The van der Waals surface area contributed by atoms with E-state index in [0.717, 1.165) is 16.9 Å². The second-order valence-corrected chi connectivity index (χ2v) is 4.94. The van der Waals surface area contributed by atoms with E-state index in [0.29, 0.717) is 5.92 Å². The molecule has 0 saturated carbocycles. The first-order valence-corrected chi connectivity index (χ1v) is 6.45. The summed E-state index contributed by atoms with van der Waals surface area (Å²) in [6.45, 7) is 4.34. The third-order valence-corrected chi connectivity index (χ3v) is 3.07. The number of aromatic nitrogens is 2. The van der Waals surface area contributed by atoms with Crippen LogP contribution in [0.25, 0.3) is 12.2 Å². The van der Waals surface area contributed by atoms with E-state index in [4.69, 9.17) is 4.74 Å². The van der Waals surface area contributed by atoms with Crippen LogP contribution in [0.3, 0.4) is 0 Å². The second-order valence-electron chi connectivity index (χ2n) is 4.94. The summed E-state index contributed by atoms with van der Waals surface area (Å²) in [5.41, 5.74) is 3.46. The minimum absolute atomic E-state index is 0.464. The van der Waals surface area contributed by atoms with Crippen molar-refractivity contribution in [3.8, 4) is 5.75 Å². The first kappa shape index (κ1) is 13.4. The van der Waals surface area contributed by atoms with Gasteiger partial charge in [-0.05, 0) is 23.1 Å². The number of nitrogens with zero attached hydrogens (tertiary/aromatic N) is 2. The minimum Gasteiger partial charge on any atom is -0.496 e. The van der Waals surface area contributed by atoms with E-state index in [-0.39, 0.29) is 0 Å². The van der Waals surface area contributed by atoms with Crippen molar-refractivity contribution < 1.29 is 4.74 Å². The van der Waals surface area contributed by atoms with Gasteiger partial charge in [0.25, 0.3) is 0 Å². The molecule has 0 aliphatic rings.